The smallest absolute Gasteiger partial charge is 0.0717 e. The van der Waals surface area contributed by atoms with Gasteiger partial charge in [-0.25, -0.2) is 0 Å². The normalized spacial score (nSPS) is 9.57. The fourth-order valence-corrected chi connectivity index (χ4v) is 1.07. The van der Waals surface area contributed by atoms with Gasteiger partial charge in [-0.1, -0.05) is 23.7 Å². The lowest BCUT2D eigenvalue weighted by atomic mass is 10.2. The average Bonchev–Trinajstić information content (AvgIpc) is 2.15. The maximum absolute atomic E-state index is 5.74. The summed E-state index contributed by atoms with van der Waals surface area (Å²) in [5, 5.41) is 3.78. The monoisotopic (exact) mass is 235 g/mol. The number of rotatable bonds is 5. The third kappa shape index (κ3) is 5.45. The first-order valence-corrected chi connectivity index (χ1v) is 4.67. The minimum atomic E-state index is 0. The van der Waals surface area contributed by atoms with Crippen molar-refractivity contribution in [2.45, 2.75) is 6.61 Å². The van der Waals surface area contributed by atoms with Gasteiger partial charge in [-0.05, 0) is 24.7 Å². The molecule has 1 aromatic rings. The molecule has 2 nitrogen and oxygen atoms in total. The van der Waals surface area contributed by atoms with Crippen LogP contribution in [0.3, 0.4) is 0 Å². The summed E-state index contributed by atoms with van der Waals surface area (Å²) in [4.78, 5) is 0. The number of benzene rings is 1. The minimum absolute atomic E-state index is 0. The third-order valence-electron chi connectivity index (χ3n) is 1.68. The quantitative estimate of drug-likeness (QED) is 0.793. The van der Waals surface area contributed by atoms with Crippen molar-refractivity contribution in [2.75, 3.05) is 20.2 Å². The number of hydrogen-bond donors (Lipinski definition) is 1. The molecule has 0 aliphatic carbocycles. The summed E-state index contributed by atoms with van der Waals surface area (Å²) >= 11 is 5.74. The van der Waals surface area contributed by atoms with E-state index in [-0.39, 0.29) is 12.4 Å². The molecule has 0 fully saturated rings. The van der Waals surface area contributed by atoms with Crippen molar-refractivity contribution < 1.29 is 4.74 Å². The summed E-state index contributed by atoms with van der Waals surface area (Å²) in [6, 6.07) is 7.69. The van der Waals surface area contributed by atoms with Gasteiger partial charge in [-0.2, -0.15) is 0 Å². The predicted octanol–water partition coefficient (Wildman–Crippen LogP) is 2.50. The highest BCUT2D eigenvalue weighted by Gasteiger charge is 1.92. The first-order chi connectivity index (χ1) is 6.33. The molecule has 0 saturated heterocycles. The molecule has 14 heavy (non-hydrogen) atoms. The standard InChI is InChI=1S/C10H14ClNO.ClH/c1-12-6-7-13-8-9-2-4-10(11)5-3-9;/h2-5,12H,6-8H2,1H3;1H. The molecule has 80 valence electrons. The van der Waals surface area contributed by atoms with Crippen LogP contribution in [0.25, 0.3) is 0 Å². The molecule has 1 N–H and O–H groups in total. The molecule has 1 aromatic carbocycles. The van der Waals surface area contributed by atoms with E-state index in [4.69, 9.17) is 16.3 Å². The number of nitrogens with one attached hydrogen (secondary N) is 1. The van der Waals surface area contributed by atoms with Gasteiger partial charge in [0.05, 0.1) is 13.2 Å². The summed E-state index contributed by atoms with van der Waals surface area (Å²) in [6.07, 6.45) is 0. The van der Waals surface area contributed by atoms with Gasteiger partial charge >= 0.3 is 0 Å². The summed E-state index contributed by atoms with van der Waals surface area (Å²) in [5.74, 6) is 0. The van der Waals surface area contributed by atoms with E-state index in [1.807, 2.05) is 31.3 Å². The van der Waals surface area contributed by atoms with E-state index >= 15 is 0 Å². The van der Waals surface area contributed by atoms with E-state index in [2.05, 4.69) is 5.32 Å². The molecule has 0 spiro atoms. The fraction of sp³-hybridized carbons (Fsp3) is 0.400. The number of likely N-dealkylation sites (N-methyl/N-ethyl adjacent to an activating group) is 1. The summed E-state index contributed by atoms with van der Waals surface area (Å²) in [6.45, 7) is 2.27. The van der Waals surface area contributed by atoms with Crippen LogP contribution in [0, 0.1) is 0 Å². The van der Waals surface area contributed by atoms with Crippen molar-refractivity contribution in [3.63, 3.8) is 0 Å². The van der Waals surface area contributed by atoms with E-state index in [1.54, 1.807) is 0 Å². The predicted molar refractivity (Wildman–Crippen MR) is 62.3 cm³/mol. The summed E-state index contributed by atoms with van der Waals surface area (Å²) in [7, 11) is 1.91. The van der Waals surface area contributed by atoms with Crippen LogP contribution in [0.1, 0.15) is 5.56 Å². The maximum atomic E-state index is 5.74. The van der Waals surface area contributed by atoms with Crippen LogP contribution in [0.5, 0.6) is 0 Å². The van der Waals surface area contributed by atoms with Gasteiger partial charge in [0.25, 0.3) is 0 Å². The van der Waals surface area contributed by atoms with E-state index in [0.717, 1.165) is 23.7 Å². The van der Waals surface area contributed by atoms with Gasteiger partial charge in [0.15, 0.2) is 0 Å². The molecule has 0 aromatic heterocycles. The van der Waals surface area contributed by atoms with Crippen molar-refractivity contribution in [2.24, 2.45) is 0 Å². The van der Waals surface area contributed by atoms with Crippen LogP contribution >= 0.6 is 24.0 Å². The molecule has 0 aliphatic rings. The summed E-state index contributed by atoms with van der Waals surface area (Å²) < 4.78 is 5.39. The lowest BCUT2D eigenvalue weighted by Gasteiger charge is -2.03. The largest absolute Gasteiger partial charge is 0.375 e. The molecular weight excluding hydrogens is 221 g/mol. The molecule has 1 rings (SSSR count). The topological polar surface area (TPSA) is 21.3 Å². The molecule has 0 atom stereocenters. The van der Waals surface area contributed by atoms with Crippen LogP contribution in [-0.2, 0) is 11.3 Å². The number of ether oxygens (including phenoxy) is 1. The van der Waals surface area contributed by atoms with Crippen molar-refractivity contribution >= 4 is 24.0 Å². The SMILES string of the molecule is CNCCOCc1ccc(Cl)cc1.Cl. The van der Waals surface area contributed by atoms with Gasteiger partial charge < -0.3 is 10.1 Å². The molecule has 0 saturated carbocycles. The first-order valence-electron chi connectivity index (χ1n) is 4.29. The lowest BCUT2D eigenvalue weighted by Crippen LogP contribution is -2.13. The van der Waals surface area contributed by atoms with E-state index in [0.29, 0.717) is 6.61 Å². The van der Waals surface area contributed by atoms with Crippen LogP contribution in [0.4, 0.5) is 0 Å². The molecule has 0 unspecified atom stereocenters. The Hall–Kier alpha value is -0.280. The molecule has 0 aliphatic heterocycles. The van der Waals surface area contributed by atoms with Gasteiger partial charge in [0, 0.05) is 11.6 Å². The first kappa shape index (κ1) is 13.7. The minimum Gasteiger partial charge on any atom is -0.375 e. The second-order valence-electron chi connectivity index (χ2n) is 2.78. The van der Waals surface area contributed by atoms with Crippen LogP contribution in [-0.4, -0.2) is 20.2 Å². The molecule has 0 bridgehead atoms. The Bertz CT molecular complexity index is 238. The molecule has 0 heterocycles. The lowest BCUT2D eigenvalue weighted by molar-refractivity contribution is 0.124. The highest BCUT2D eigenvalue weighted by molar-refractivity contribution is 6.30. The Balaban J connectivity index is 0.00000169. The van der Waals surface area contributed by atoms with Crippen LogP contribution in [0.2, 0.25) is 5.02 Å². The highest BCUT2D eigenvalue weighted by atomic mass is 35.5. The number of hydrogen-bond acceptors (Lipinski definition) is 2. The van der Waals surface area contributed by atoms with Gasteiger partial charge in [0.2, 0.25) is 0 Å². The zero-order valence-electron chi connectivity index (χ0n) is 8.13. The van der Waals surface area contributed by atoms with E-state index in [1.165, 1.54) is 0 Å². The average molecular weight is 236 g/mol. The Kier molecular flexibility index (Phi) is 7.90. The zero-order valence-corrected chi connectivity index (χ0v) is 9.70. The number of halogens is 2. The van der Waals surface area contributed by atoms with E-state index in [9.17, 15) is 0 Å². The summed E-state index contributed by atoms with van der Waals surface area (Å²) in [5.41, 5.74) is 1.15. The second kappa shape index (κ2) is 8.06. The van der Waals surface area contributed by atoms with Crippen LogP contribution < -0.4 is 5.32 Å². The van der Waals surface area contributed by atoms with Gasteiger partial charge in [-0.15, -0.1) is 12.4 Å². The van der Waals surface area contributed by atoms with Crippen molar-refractivity contribution in [3.8, 4) is 0 Å². The molecule has 0 amide bonds. The van der Waals surface area contributed by atoms with E-state index < -0.39 is 0 Å². The zero-order chi connectivity index (χ0) is 9.52. The van der Waals surface area contributed by atoms with Crippen LogP contribution in [0.15, 0.2) is 24.3 Å². The second-order valence-corrected chi connectivity index (χ2v) is 3.22. The Morgan fingerprint density at radius 1 is 1.29 bits per heavy atom. The maximum Gasteiger partial charge on any atom is 0.0717 e. The Morgan fingerprint density at radius 3 is 2.50 bits per heavy atom. The third-order valence-corrected chi connectivity index (χ3v) is 1.93. The fourth-order valence-electron chi connectivity index (χ4n) is 0.945. The Labute approximate surface area is 96.0 Å². The molecule has 4 heteroatoms. The molecular formula is C10H15Cl2NO. The Morgan fingerprint density at radius 2 is 1.93 bits per heavy atom. The molecule has 0 radical (unpaired) electrons. The van der Waals surface area contributed by atoms with Crippen molar-refractivity contribution in [1.82, 2.24) is 5.32 Å². The van der Waals surface area contributed by atoms with Gasteiger partial charge in [-0.3, -0.25) is 0 Å². The van der Waals surface area contributed by atoms with Crippen molar-refractivity contribution in [1.29, 1.82) is 0 Å². The van der Waals surface area contributed by atoms with Gasteiger partial charge in [0.1, 0.15) is 0 Å². The van der Waals surface area contributed by atoms with Crippen molar-refractivity contribution in [3.05, 3.63) is 34.9 Å². The highest BCUT2D eigenvalue weighted by Crippen LogP contribution is 2.09.